The molecule has 35 heavy (non-hydrogen) atoms. The van der Waals surface area contributed by atoms with Gasteiger partial charge in [0, 0.05) is 39.3 Å². The number of aliphatic hydroxyl groups is 1. The van der Waals surface area contributed by atoms with E-state index in [0.29, 0.717) is 13.2 Å². The summed E-state index contributed by atoms with van der Waals surface area (Å²) in [6.07, 6.45) is -0.736. The number of aliphatic hydroxyl groups excluding tert-OH is 1. The molecule has 0 aromatic heterocycles. The SMILES string of the molecule is OC(COC(c1ccccc1)c1ccc2ccccc2c1)CN1CCN(Cc2ccccc2)CC1. The van der Waals surface area contributed by atoms with Gasteiger partial charge in [0.25, 0.3) is 0 Å². The number of hydrogen-bond acceptors (Lipinski definition) is 4. The van der Waals surface area contributed by atoms with Crippen molar-refractivity contribution in [2.75, 3.05) is 39.3 Å². The predicted octanol–water partition coefficient (Wildman–Crippen LogP) is 5.12. The third-order valence-electron chi connectivity index (χ3n) is 6.82. The van der Waals surface area contributed by atoms with Crippen LogP contribution in [-0.4, -0.2) is 60.3 Å². The zero-order valence-electron chi connectivity index (χ0n) is 20.2. The van der Waals surface area contributed by atoms with Crippen LogP contribution in [0.2, 0.25) is 0 Å². The van der Waals surface area contributed by atoms with Crippen LogP contribution in [0.4, 0.5) is 0 Å². The molecule has 1 aliphatic rings. The van der Waals surface area contributed by atoms with Gasteiger partial charge in [0.2, 0.25) is 0 Å². The first kappa shape index (κ1) is 23.7. The number of hydrogen-bond donors (Lipinski definition) is 1. The summed E-state index contributed by atoms with van der Waals surface area (Å²) in [5, 5.41) is 13.3. The van der Waals surface area contributed by atoms with E-state index in [0.717, 1.165) is 43.9 Å². The lowest BCUT2D eigenvalue weighted by Gasteiger charge is -2.35. The van der Waals surface area contributed by atoms with Crippen LogP contribution in [0, 0.1) is 0 Å². The van der Waals surface area contributed by atoms with Crippen LogP contribution < -0.4 is 0 Å². The van der Waals surface area contributed by atoms with Crippen molar-refractivity contribution in [2.45, 2.75) is 18.8 Å². The first-order chi connectivity index (χ1) is 17.2. The zero-order chi connectivity index (χ0) is 23.9. The molecule has 180 valence electrons. The molecule has 1 aliphatic heterocycles. The van der Waals surface area contributed by atoms with Crippen molar-refractivity contribution in [3.63, 3.8) is 0 Å². The molecule has 4 aromatic rings. The number of piperazine rings is 1. The number of β-amino-alcohol motifs (C(OH)–C–C–N with tert-alkyl or cyclic N) is 1. The van der Waals surface area contributed by atoms with Gasteiger partial charge in [0.1, 0.15) is 6.10 Å². The average Bonchev–Trinajstić information content (AvgIpc) is 2.91. The van der Waals surface area contributed by atoms with Crippen molar-refractivity contribution in [1.29, 1.82) is 0 Å². The van der Waals surface area contributed by atoms with Gasteiger partial charge in [-0.25, -0.2) is 0 Å². The van der Waals surface area contributed by atoms with Crippen LogP contribution in [0.3, 0.4) is 0 Å². The minimum absolute atomic E-state index is 0.210. The van der Waals surface area contributed by atoms with E-state index in [1.54, 1.807) is 0 Å². The van der Waals surface area contributed by atoms with Crippen LogP contribution in [0.25, 0.3) is 10.8 Å². The van der Waals surface area contributed by atoms with Gasteiger partial charge in [-0.05, 0) is 33.5 Å². The van der Waals surface area contributed by atoms with Gasteiger partial charge in [0.15, 0.2) is 0 Å². The van der Waals surface area contributed by atoms with Gasteiger partial charge < -0.3 is 9.84 Å². The molecule has 1 N–H and O–H groups in total. The molecule has 0 amide bonds. The highest BCUT2D eigenvalue weighted by molar-refractivity contribution is 5.83. The van der Waals surface area contributed by atoms with Gasteiger partial charge in [-0.1, -0.05) is 97.1 Å². The Morgan fingerprint density at radius 3 is 2.03 bits per heavy atom. The van der Waals surface area contributed by atoms with Gasteiger partial charge in [-0.15, -0.1) is 0 Å². The summed E-state index contributed by atoms with van der Waals surface area (Å²) in [6.45, 7) is 5.91. The highest BCUT2D eigenvalue weighted by Gasteiger charge is 2.21. The highest BCUT2D eigenvalue weighted by atomic mass is 16.5. The number of fused-ring (bicyclic) bond motifs is 1. The fourth-order valence-corrected chi connectivity index (χ4v) is 4.91. The Balaban J connectivity index is 1.17. The Morgan fingerprint density at radius 1 is 0.657 bits per heavy atom. The number of ether oxygens (including phenoxy) is 1. The molecule has 0 aliphatic carbocycles. The highest BCUT2D eigenvalue weighted by Crippen LogP contribution is 2.29. The standard InChI is InChI=1S/C31H34N2O2/c34-30(23-33-19-17-32(18-20-33)22-25-9-3-1-4-10-25)24-35-31(27-12-5-2-6-13-27)29-16-15-26-11-7-8-14-28(26)21-29/h1-16,21,30-31,34H,17-20,22-24H2. The lowest BCUT2D eigenvalue weighted by Crippen LogP contribution is -2.48. The molecule has 1 saturated heterocycles. The maximum atomic E-state index is 10.8. The van der Waals surface area contributed by atoms with Crippen molar-refractivity contribution in [3.05, 3.63) is 120 Å². The molecule has 0 spiro atoms. The maximum absolute atomic E-state index is 10.8. The number of nitrogens with zero attached hydrogens (tertiary/aromatic N) is 2. The van der Waals surface area contributed by atoms with E-state index in [1.807, 2.05) is 18.2 Å². The van der Waals surface area contributed by atoms with Gasteiger partial charge in [-0.2, -0.15) is 0 Å². The first-order valence-corrected chi connectivity index (χ1v) is 12.6. The molecule has 0 saturated carbocycles. The first-order valence-electron chi connectivity index (χ1n) is 12.6. The third-order valence-corrected chi connectivity index (χ3v) is 6.82. The van der Waals surface area contributed by atoms with Gasteiger partial charge in [-0.3, -0.25) is 9.80 Å². The smallest absolute Gasteiger partial charge is 0.108 e. The molecule has 5 rings (SSSR count). The summed E-state index contributed by atoms with van der Waals surface area (Å²) in [5.74, 6) is 0. The minimum Gasteiger partial charge on any atom is -0.389 e. The molecule has 4 nitrogen and oxygen atoms in total. The second-order valence-electron chi connectivity index (χ2n) is 9.45. The Hall–Kier alpha value is -3.02. The molecule has 0 radical (unpaired) electrons. The van der Waals surface area contributed by atoms with E-state index in [2.05, 4.69) is 94.7 Å². The lowest BCUT2D eigenvalue weighted by atomic mass is 9.98. The summed E-state index contributed by atoms with van der Waals surface area (Å²) < 4.78 is 6.38. The molecule has 1 fully saturated rings. The predicted molar refractivity (Wildman–Crippen MR) is 142 cm³/mol. The van der Waals surface area contributed by atoms with Gasteiger partial charge >= 0.3 is 0 Å². The topological polar surface area (TPSA) is 35.9 Å². The van der Waals surface area contributed by atoms with Crippen LogP contribution in [0.15, 0.2) is 103 Å². The van der Waals surface area contributed by atoms with E-state index in [9.17, 15) is 5.11 Å². The minimum atomic E-state index is -0.526. The molecule has 0 bridgehead atoms. The summed E-state index contributed by atoms with van der Waals surface area (Å²) >= 11 is 0. The van der Waals surface area contributed by atoms with Crippen molar-refractivity contribution < 1.29 is 9.84 Å². The number of benzene rings is 4. The zero-order valence-corrected chi connectivity index (χ0v) is 20.2. The van der Waals surface area contributed by atoms with E-state index in [1.165, 1.54) is 16.3 Å². The molecule has 2 atom stereocenters. The summed E-state index contributed by atoms with van der Waals surface area (Å²) in [5.41, 5.74) is 3.57. The van der Waals surface area contributed by atoms with Gasteiger partial charge in [0.05, 0.1) is 12.7 Å². The summed E-state index contributed by atoms with van der Waals surface area (Å²) in [6, 6.07) is 35.8. The maximum Gasteiger partial charge on any atom is 0.108 e. The summed E-state index contributed by atoms with van der Waals surface area (Å²) in [7, 11) is 0. The average molecular weight is 467 g/mol. The lowest BCUT2D eigenvalue weighted by molar-refractivity contribution is -0.0148. The Morgan fingerprint density at radius 2 is 1.29 bits per heavy atom. The Labute approximate surface area is 208 Å². The van der Waals surface area contributed by atoms with E-state index >= 15 is 0 Å². The Kier molecular flexibility index (Phi) is 7.86. The normalized spacial score (nSPS) is 16.8. The Bertz CT molecular complexity index is 1190. The largest absolute Gasteiger partial charge is 0.389 e. The van der Waals surface area contributed by atoms with Crippen LogP contribution in [0.5, 0.6) is 0 Å². The third kappa shape index (κ3) is 6.36. The summed E-state index contributed by atoms with van der Waals surface area (Å²) in [4.78, 5) is 4.84. The molecule has 1 heterocycles. The number of rotatable bonds is 9. The molecular formula is C31H34N2O2. The fraction of sp³-hybridized carbons (Fsp3) is 0.290. The van der Waals surface area contributed by atoms with E-state index in [4.69, 9.17) is 4.74 Å². The van der Waals surface area contributed by atoms with Crippen LogP contribution in [-0.2, 0) is 11.3 Å². The molecule has 4 heteroatoms. The van der Waals surface area contributed by atoms with Crippen molar-refractivity contribution in [1.82, 2.24) is 9.80 Å². The van der Waals surface area contributed by atoms with E-state index in [-0.39, 0.29) is 6.10 Å². The van der Waals surface area contributed by atoms with E-state index < -0.39 is 6.10 Å². The van der Waals surface area contributed by atoms with Crippen LogP contribution in [0.1, 0.15) is 22.8 Å². The second-order valence-corrected chi connectivity index (χ2v) is 9.45. The molecule has 4 aromatic carbocycles. The fourth-order valence-electron chi connectivity index (χ4n) is 4.91. The van der Waals surface area contributed by atoms with Crippen molar-refractivity contribution in [2.24, 2.45) is 0 Å². The molecular weight excluding hydrogens is 432 g/mol. The second kappa shape index (κ2) is 11.6. The van der Waals surface area contributed by atoms with Crippen molar-refractivity contribution in [3.8, 4) is 0 Å². The van der Waals surface area contributed by atoms with Crippen molar-refractivity contribution >= 4 is 10.8 Å². The monoisotopic (exact) mass is 466 g/mol. The quantitative estimate of drug-likeness (QED) is 0.371. The van der Waals surface area contributed by atoms with Crippen LogP contribution >= 0.6 is 0 Å². The molecule has 2 unspecified atom stereocenters.